The highest BCUT2D eigenvalue weighted by molar-refractivity contribution is 7.15. The molecule has 1 fully saturated rings. The van der Waals surface area contributed by atoms with Crippen molar-refractivity contribution in [3.63, 3.8) is 0 Å². The average molecular weight is 372 g/mol. The molecule has 7 heteroatoms. The van der Waals surface area contributed by atoms with E-state index in [2.05, 4.69) is 57.8 Å². The molecule has 2 atom stereocenters. The Morgan fingerprint density at radius 2 is 2.27 bits per heavy atom. The van der Waals surface area contributed by atoms with Crippen LogP contribution in [0.2, 0.25) is 0 Å². The minimum Gasteiger partial charge on any atom is -0.497 e. The van der Waals surface area contributed by atoms with Gasteiger partial charge in [0.25, 0.3) is 0 Å². The maximum Gasteiger partial charge on any atom is 0.194 e. The summed E-state index contributed by atoms with van der Waals surface area (Å²) in [6.45, 7) is 4.04. The van der Waals surface area contributed by atoms with Gasteiger partial charge in [0.2, 0.25) is 0 Å². The lowest BCUT2D eigenvalue weighted by Crippen LogP contribution is -2.39. The van der Waals surface area contributed by atoms with E-state index in [0.717, 1.165) is 41.5 Å². The second-order valence-electron chi connectivity index (χ2n) is 7.01. The molecule has 0 saturated carbocycles. The number of nitrogens with zero attached hydrogens (tertiary/aromatic N) is 3. The average Bonchev–Trinajstić information content (AvgIpc) is 3.33. The van der Waals surface area contributed by atoms with Crippen LogP contribution in [0.5, 0.6) is 5.75 Å². The molecule has 0 bridgehead atoms. The number of likely N-dealkylation sites (N-methyl/N-ethyl adjacent to an activating group) is 1. The zero-order valence-corrected chi connectivity index (χ0v) is 16.2. The van der Waals surface area contributed by atoms with Crippen molar-refractivity contribution < 1.29 is 4.74 Å². The van der Waals surface area contributed by atoms with E-state index in [-0.39, 0.29) is 0 Å². The van der Waals surface area contributed by atoms with Gasteiger partial charge >= 0.3 is 0 Å². The third-order valence-corrected chi connectivity index (χ3v) is 5.58. The number of ether oxygens (including phenoxy) is 1. The molecule has 26 heavy (non-hydrogen) atoms. The first-order chi connectivity index (χ1) is 12.6. The highest BCUT2D eigenvalue weighted by Crippen LogP contribution is 2.29. The van der Waals surface area contributed by atoms with Crippen LogP contribution in [-0.4, -0.2) is 47.1 Å². The first-order valence-electron chi connectivity index (χ1n) is 8.92. The molecular formula is C19H25N5OS. The number of benzene rings is 1. The number of nitrogens with one attached hydrogen (secondary N) is 2. The third-order valence-electron chi connectivity index (χ3n) is 4.83. The van der Waals surface area contributed by atoms with Crippen molar-refractivity contribution in [3.05, 3.63) is 41.5 Å². The van der Waals surface area contributed by atoms with E-state index < -0.39 is 0 Å². The number of fused-ring (bicyclic) bond motifs is 1. The zero-order valence-electron chi connectivity index (χ0n) is 15.4. The van der Waals surface area contributed by atoms with Crippen LogP contribution in [0.15, 0.2) is 35.8 Å². The van der Waals surface area contributed by atoms with Gasteiger partial charge in [-0.1, -0.05) is 12.1 Å². The van der Waals surface area contributed by atoms with E-state index in [1.807, 2.05) is 12.1 Å². The van der Waals surface area contributed by atoms with Crippen LogP contribution in [0.25, 0.3) is 16.2 Å². The smallest absolute Gasteiger partial charge is 0.194 e. The van der Waals surface area contributed by atoms with E-state index in [4.69, 9.17) is 9.72 Å². The molecule has 0 radical (unpaired) electrons. The molecule has 0 spiro atoms. The lowest BCUT2D eigenvalue weighted by molar-refractivity contribution is 0.286. The van der Waals surface area contributed by atoms with Crippen molar-refractivity contribution in [2.45, 2.75) is 32.0 Å². The molecule has 0 amide bonds. The van der Waals surface area contributed by atoms with Gasteiger partial charge in [0.1, 0.15) is 5.75 Å². The number of methoxy groups -OCH3 is 1. The Labute approximate surface area is 157 Å². The van der Waals surface area contributed by atoms with Crippen molar-refractivity contribution in [2.75, 3.05) is 20.7 Å². The Morgan fingerprint density at radius 1 is 1.38 bits per heavy atom. The fourth-order valence-corrected chi connectivity index (χ4v) is 4.34. The first kappa shape index (κ1) is 17.5. The van der Waals surface area contributed by atoms with Crippen molar-refractivity contribution in [2.24, 2.45) is 0 Å². The van der Waals surface area contributed by atoms with Gasteiger partial charge in [-0.15, -0.1) is 11.3 Å². The number of thiazole rings is 1. The normalized spacial score (nSPS) is 20.3. The van der Waals surface area contributed by atoms with Crippen LogP contribution in [0, 0.1) is 0 Å². The fraction of sp³-hybridized carbons (Fsp3) is 0.421. The monoisotopic (exact) mass is 371 g/mol. The molecule has 3 aromatic rings. The lowest BCUT2D eigenvalue weighted by atomic mass is 10.1. The van der Waals surface area contributed by atoms with Crippen LogP contribution >= 0.6 is 11.3 Å². The highest BCUT2D eigenvalue weighted by Gasteiger charge is 2.23. The van der Waals surface area contributed by atoms with E-state index in [1.54, 1.807) is 18.4 Å². The summed E-state index contributed by atoms with van der Waals surface area (Å²) in [5.41, 5.74) is 10.0. The number of hydrogen-bond acceptors (Lipinski definition) is 6. The molecule has 1 aromatic carbocycles. The van der Waals surface area contributed by atoms with Crippen molar-refractivity contribution >= 4 is 16.3 Å². The molecule has 3 heterocycles. The Bertz CT molecular complexity index is 889. The predicted octanol–water partition coefficient (Wildman–Crippen LogP) is 2.76. The van der Waals surface area contributed by atoms with Crippen molar-refractivity contribution in [3.8, 4) is 17.0 Å². The molecule has 2 unspecified atom stereocenters. The molecule has 6 nitrogen and oxygen atoms in total. The van der Waals surface area contributed by atoms with Crippen LogP contribution in [0.3, 0.4) is 0 Å². The minimum absolute atomic E-state index is 0.473. The highest BCUT2D eigenvalue weighted by atomic mass is 32.1. The summed E-state index contributed by atoms with van der Waals surface area (Å²) < 4.78 is 7.60. The van der Waals surface area contributed by atoms with Gasteiger partial charge in [0, 0.05) is 42.3 Å². The topological polar surface area (TPSA) is 53.8 Å². The molecule has 0 aliphatic carbocycles. The van der Waals surface area contributed by atoms with Gasteiger partial charge in [0.05, 0.1) is 18.5 Å². The summed E-state index contributed by atoms with van der Waals surface area (Å²) in [4.78, 5) is 8.28. The summed E-state index contributed by atoms with van der Waals surface area (Å²) in [6.07, 6.45) is 3.25. The molecule has 1 aliphatic rings. The summed E-state index contributed by atoms with van der Waals surface area (Å²) in [5, 5.41) is 2.09. The van der Waals surface area contributed by atoms with Crippen LogP contribution in [-0.2, 0) is 6.54 Å². The van der Waals surface area contributed by atoms with E-state index in [9.17, 15) is 0 Å². The number of imidazole rings is 1. The summed E-state index contributed by atoms with van der Waals surface area (Å²) in [7, 11) is 3.87. The van der Waals surface area contributed by atoms with Crippen LogP contribution in [0.4, 0.5) is 0 Å². The maximum absolute atomic E-state index is 5.39. The van der Waals surface area contributed by atoms with Crippen molar-refractivity contribution in [1.29, 1.82) is 0 Å². The SMILES string of the molecule is COc1cccc(-c2nc3sccn3c2CN(C)CC2CC(C)NN2)c1. The van der Waals surface area contributed by atoms with Crippen LogP contribution < -0.4 is 15.6 Å². The Hall–Kier alpha value is -1.93. The van der Waals surface area contributed by atoms with Crippen LogP contribution in [0.1, 0.15) is 19.0 Å². The van der Waals surface area contributed by atoms with E-state index in [1.165, 1.54) is 5.69 Å². The molecule has 2 aromatic heterocycles. The van der Waals surface area contributed by atoms with Gasteiger partial charge in [-0.2, -0.15) is 0 Å². The summed E-state index contributed by atoms with van der Waals surface area (Å²) >= 11 is 1.67. The standard InChI is InChI=1S/C19H25N5OS/c1-13-9-15(22-21-13)11-23(2)12-17-18(20-19-24(17)7-8-26-19)14-5-4-6-16(10-14)25-3/h4-8,10,13,15,21-22H,9,11-12H2,1-3H3. The number of aromatic nitrogens is 2. The van der Waals surface area contributed by atoms with Crippen molar-refractivity contribution in [1.82, 2.24) is 25.1 Å². The number of rotatable bonds is 6. The molecular weight excluding hydrogens is 346 g/mol. The molecule has 2 N–H and O–H groups in total. The first-order valence-corrected chi connectivity index (χ1v) is 9.80. The summed E-state index contributed by atoms with van der Waals surface area (Å²) in [5.74, 6) is 0.855. The zero-order chi connectivity index (χ0) is 18.1. The van der Waals surface area contributed by atoms with Gasteiger partial charge < -0.3 is 4.74 Å². The second kappa shape index (κ2) is 7.36. The lowest BCUT2D eigenvalue weighted by Gasteiger charge is -2.21. The van der Waals surface area contributed by atoms with E-state index >= 15 is 0 Å². The Balaban J connectivity index is 1.61. The third kappa shape index (κ3) is 3.48. The number of hydrogen-bond donors (Lipinski definition) is 2. The van der Waals surface area contributed by atoms with Gasteiger partial charge in [-0.25, -0.2) is 4.98 Å². The fourth-order valence-electron chi connectivity index (χ4n) is 3.61. The van der Waals surface area contributed by atoms with Gasteiger partial charge in [-0.05, 0) is 32.5 Å². The molecule has 1 saturated heterocycles. The van der Waals surface area contributed by atoms with E-state index in [0.29, 0.717) is 12.1 Å². The maximum atomic E-state index is 5.39. The van der Waals surface area contributed by atoms with Gasteiger partial charge in [-0.3, -0.25) is 20.2 Å². The Morgan fingerprint density at radius 3 is 3.04 bits per heavy atom. The molecule has 1 aliphatic heterocycles. The molecule has 138 valence electrons. The van der Waals surface area contributed by atoms with Gasteiger partial charge in [0.15, 0.2) is 4.96 Å². The minimum atomic E-state index is 0.473. The Kier molecular flexibility index (Phi) is 4.95. The number of hydrazine groups is 1. The largest absolute Gasteiger partial charge is 0.497 e. The predicted molar refractivity (Wildman–Crippen MR) is 106 cm³/mol. The summed E-state index contributed by atoms with van der Waals surface area (Å²) in [6, 6.07) is 9.14. The quantitative estimate of drug-likeness (QED) is 0.698. The molecule has 4 rings (SSSR count). The second-order valence-corrected chi connectivity index (χ2v) is 7.89.